The van der Waals surface area contributed by atoms with E-state index in [0.29, 0.717) is 16.3 Å². The first-order valence-electron chi connectivity index (χ1n) is 9.11. The Balaban J connectivity index is 2.00. The minimum absolute atomic E-state index is 0.250. The second kappa shape index (κ2) is 9.94. The largest absolute Gasteiger partial charge is 0.456 e. The third-order valence-corrected chi connectivity index (χ3v) is 5.24. The monoisotopic (exact) mass is 413 g/mol. The summed E-state index contributed by atoms with van der Waals surface area (Å²) in [6.07, 6.45) is 0. The maximum Gasteiger partial charge on any atom is 0.329 e. The van der Waals surface area contributed by atoms with Gasteiger partial charge in [0.2, 0.25) is 0 Å². The summed E-state index contributed by atoms with van der Waals surface area (Å²) in [6, 6.07) is 7.94. The van der Waals surface area contributed by atoms with Gasteiger partial charge in [0.15, 0.2) is 18.3 Å². The molecule has 2 aromatic rings. The van der Waals surface area contributed by atoms with Crippen molar-refractivity contribution in [3.63, 3.8) is 0 Å². The molecule has 1 N–H and O–H groups in total. The molecule has 152 valence electrons. The normalized spacial score (nSPS) is 12.7. The fourth-order valence-corrected chi connectivity index (χ4v) is 3.37. The Kier molecular flexibility index (Phi) is 7.62. The third kappa shape index (κ3) is 5.96. The molecule has 0 aliphatic rings. The van der Waals surface area contributed by atoms with Crippen molar-refractivity contribution >= 4 is 29.0 Å². The van der Waals surface area contributed by atoms with Crippen molar-refractivity contribution in [3.8, 4) is 6.07 Å². The quantitative estimate of drug-likeness (QED) is 0.667. The number of aryl methyl sites for hydroxylation is 2. The van der Waals surface area contributed by atoms with Crippen LogP contribution >= 0.6 is 11.3 Å². The number of benzene rings is 1. The van der Waals surface area contributed by atoms with E-state index in [0.717, 1.165) is 5.56 Å². The number of rotatable bonds is 8. The van der Waals surface area contributed by atoms with Gasteiger partial charge in [0.25, 0.3) is 5.91 Å². The zero-order chi connectivity index (χ0) is 21.6. The van der Waals surface area contributed by atoms with Crippen LogP contribution in [-0.2, 0) is 14.3 Å². The molecule has 0 spiro atoms. The summed E-state index contributed by atoms with van der Waals surface area (Å²) in [4.78, 5) is 41.4. The van der Waals surface area contributed by atoms with E-state index in [2.05, 4.69) is 10.3 Å². The van der Waals surface area contributed by atoms with Crippen LogP contribution in [0.4, 0.5) is 0 Å². The van der Waals surface area contributed by atoms with Gasteiger partial charge in [-0.25, -0.2) is 9.78 Å². The molecular weight excluding hydrogens is 390 g/mol. The Labute approximate surface area is 173 Å². The highest BCUT2D eigenvalue weighted by Gasteiger charge is 2.29. The van der Waals surface area contributed by atoms with Gasteiger partial charge in [-0.05, 0) is 31.9 Å². The van der Waals surface area contributed by atoms with Crippen molar-refractivity contribution in [2.45, 2.75) is 39.7 Å². The minimum Gasteiger partial charge on any atom is -0.456 e. The number of nitrogens with zero attached hydrogens (tertiary/aromatic N) is 2. The van der Waals surface area contributed by atoms with Gasteiger partial charge in [-0.1, -0.05) is 31.5 Å². The van der Waals surface area contributed by atoms with E-state index in [9.17, 15) is 19.6 Å². The molecule has 0 bridgehead atoms. The van der Waals surface area contributed by atoms with Crippen molar-refractivity contribution < 1.29 is 19.1 Å². The average molecular weight is 413 g/mol. The maximum absolute atomic E-state index is 12.5. The molecule has 2 rings (SSSR count). The molecule has 0 saturated carbocycles. The molecule has 1 aromatic carbocycles. The van der Waals surface area contributed by atoms with Gasteiger partial charge in [-0.3, -0.25) is 9.59 Å². The topological polar surface area (TPSA) is 109 Å². The number of thiazole rings is 1. The number of nitriles is 1. The SMILES string of the molecule is Cc1ccc(C(=O)N[C@H](C(=O)OCC(=O)[C@H](C#N)c2nc(C)cs2)C(C)C)cc1. The van der Waals surface area contributed by atoms with Gasteiger partial charge < -0.3 is 10.1 Å². The van der Waals surface area contributed by atoms with E-state index < -0.39 is 36.2 Å². The Hall–Kier alpha value is -3.05. The number of ether oxygens (including phenoxy) is 1. The summed E-state index contributed by atoms with van der Waals surface area (Å²) in [6.45, 7) is 6.65. The number of hydrogen-bond acceptors (Lipinski definition) is 7. The molecule has 0 unspecified atom stereocenters. The Bertz CT molecular complexity index is 928. The number of amides is 1. The fourth-order valence-electron chi connectivity index (χ4n) is 2.51. The fraction of sp³-hybridized carbons (Fsp3) is 0.381. The second-order valence-corrected chi connectivity index (χ2v) is 7.91. The van der Waals surface area contributed by atoms with E-state index in [4.69, 9.17) is 4.74 Å². The summed E-state index contributed by atoms with van der Waals surface area (Å²) in [7, 11) is 0. The number of carbonyl (C=O) groups is 3. The Morgan fingerprint density at radius 1 is 1.21 bits per heavy atom. The summed E-state index contributed by atoms with van der Waals surface area (Å²) in [5.74, 6) is -3.01. The molecule has 29 heavy (non-hydrogen) atoms. The summed E-state index contributed by atoms with van der Waals surface area (Å²) in [5, 5.41) is 14.1. The molecule has 0 fully saturated rings. The van der Waals surface area contributed by atoms with Crippen molar-refractivity contribution in [2.75, 3.05) is 6.61 Å². The van der Waals surface area contributed by atoms with Crippen LogP contribution in [0, 0.1) is 31.1 Å². The molecule has 0 aliphatic heterocycles. The molecule has 1 amide bonds. The Morgan fingerprint density at radius 3 is 2.38 bits per heavy atom. The second-order valence-electron chi connectivity index (χ2n) is 7.02. The first-order valence-corrected chi connectivity index (χ1v) is 9.99. The van der Waals surface area contributed by atoms with Gasteiger partial charge in [0.1, 0.15) is 11.0 Å². The molecule has 8 heteroatoms. The van der Waals surface area contributed by atoms with E-state index in [1.807, 2.05) is 13.0 Å². The van der Waals surface area contributed by atoms with Crippen molar-refractivity contribution in [1.82, 2.24) is 10.3 Å². The van der Waals surface area contributed by atoms with Crippen molar-refractivity contribution in [2.24, 2.45) is 5.92 Å². The number of aromatic nitrogens is 1. The maximum atomic E-state index is 12.5. The van der Waals surface area contributed by atoms with Crippen LogP contribution in [0.2, 0.25) is 0 Å². The van der Waals surface area contributed by atoms with Gasteiger partial charge >= 0.3 is 5.97 Å². The van der Waals surface area contributed by atoms with Crippen LogP contribution in [0.25, 0.3) is 0 Å². The highest BCUT2D eigenvalue weighted by molar-refractivity contribution is 7.09. The summed E-state index contributed by atoms with van der Waals surface area (Å²) >= 11 is 1.21. The molecule has 1 aromatic heterocycles. The van der Waals surface area contributed by atoms with Gasteiger partial charge in [0.05, 0.1) is 6.07 Å². The predicted octanol–water partition coefficient (Wildman–Crippen LogP) is 2.93. The van der Waals surface area contributed by atoms with Crippen LogP contribution in [0.5, 0.6) is 0 Å². The lowest BCUT2D eigenvalue weighted by molar-refractivity contribution is -0.151. The summed E-state index contributed by atoms with van der Waals surface area (Å²) < 4.78 is 5.12. The Morgan fingerprint density at radius 2 is 1.86 bits per heavy atom. The van der Waals surface area contributed by atoms with Gasteiger partial charge in [-0.2, -0.15) is 5.26 Å². The molecule has 0 radical (unpaired) electrons. The molecular formula is C21H23N3O4S. The number of nitrogens with one attached hydrogen (secondary N) is 1. The van der Waals surface area contributed by atoms with Crippen LogP contribution in [-0.4, -0.2) is 35.3 Å². The zero-order valence-electron chi connectivity index (χ0n) is 16.8. The third-order valence-electron chi connectivity index (χ3n) is 4.21. The van der Waals surface area contributed by atoms with E-state index >= 15 is 0 Å². The number of esters is 1. The van der Waals surface area contributed by atoms with Crippen LogP contribution in [0.3, 0.4) is 0 Å². The van der Waals surface area contributed by atoms with Crippen LogP contribution in [0.15, 0.2) is 29.6 Å². The van der Waals surface area contributed by atoms with E-state index in [1.54, 1.807) is 50.4 Å². The molecule has 0 aliphatic carbocycles. The average Bonchev–Trinajstić information content (AvgIpc) is 3.10. The molecule has 7 nitrogen and oxygen atoms in total. The molecule has 0 saturated heterocycles. The van der Waals surface area contributed by atoms with Crippen LogP contribution in [0.1, 0.15) is 46.4 Å². The minimum atomic E-state index is -1.08. The van der Waals surface area contributed by atoms with E-state index in [-0.39, 0.29) is 5.92 Å². The molecule has 1 heterocycles. The highest BCUT2D eigenvalue weighted by atomic mass is 32.1. The number of ketones is 1. The number of carbonyl (C=O) groups excluding carboxylic acids is 3. The highest BCUT2D eigenvalue weighted by Crippen LogP contribution is 2.21. The van der Waals surface area contributed by atoms with Gasteiger partial charge in [0, 0.05) is 16.6 Å². The van der Waals surface area contributed by atoms with Crippen molar-refractivity contribution in [3.05, 3.63) is 51.5 Å². The molecule has 2 atom stereocenters. The van der Waals surface area contributed by atoms with Crippen LogP contribution < -0.4 is 5.32 Å². The standard InChI is InChI=1S/C21H23N3O4S/c1-12(2)18(24-19(26)15-7-5-13(3)6-8-15)21(27)28-10-17(25)16(9-22)20-23-14(4)11-29-20/h5-8,11-12,16,18H,10H2,1-4H3,(H,24,26)/t16-,18-/m0/s1. The lowest BCUT2D eigenvalue weighted by Crippen LogP contribution is -2.45. The lowest BCUT2D eigenvalue weighted by atomic mass is 10.0. The van der Waals surface area contributed by atoms with E-state index in [1.165, 1.54) is 11.3 Å². The first kappa shape index (κ1) is 22.2. The summed E-state index contributed by atoms with van der Waals surface area (Å²) in [5.41, 5.74) is 2.16. The zero-order valence-corrected chi connectivity index (χ0v) is 17.6. The predicted molar refractivity (Wildman–Crippen MR) is 108 cm³/mol. The number of Topliss-reactive ketones (excluding diaryl/α,β-unsaturated/α-hetero) is 1. The lowest BCUT2D eigenvalue weighted by Gasteiger charge is -2.21. The first-order chi connectivity index (χ1) is 13.7. The van der Waals surface area contributed by atoms with Crippen molar-refractivity contribution in [1.29, 1.82) is 5.26 Å². The number of hydrogen-bond donors (Lipinski definition) is 1. The smallest absolute Gasteiger partial charge is 0.329 e. The van der Waals surface area contributed by atoms with Gasteiger partial charge in [-0.15, -0.1) is 11.3 Å².